The minimum absolute atomic E-state index is 0.00406. The van der Waals surface area contributed by atoms with E-state index in [2.05, 4.69) is 10.3 Å². The van der Waals surface area contributed by atoms with E-state index < -0.39 is 12.1 Å². The molecule has 1 atom stereocenters. The molecule has 2 N–H and O–H groups in total. The van der Waals surface area contributed by atoms with Crippen LogP contribution in [0.2, 0.25) is 0 Å². The molecule has 4 heterocycles. The van der Waals surface area contributed by atoms with Gasteiger partial charge >= 0.3 is 6.03 Å². The first-order valence-electron chi connectivity index (χ1n) is 10.6. The van der Waals surface area contributed by atoms with Crippen molar-refractivity contribution >= 4 is 41.2 Å². The summed E-state index contributed by atoms with van der Waals surface area (Å²) >= 11 is 0. The summed E-state index contributed by atoms with van der Waals surface area (Å²) in [7, 11) is 1.53. The van der Waals surface area contributed by atoms with Crippen LogP contribution in [0.4, 0.5) is 10.6 Å². The summed E-state index contributed by atoms with van der Waals surface area (Å²) in [6.07, 6.45) is 0.762. The Hall–Kier alpha value is -4.41. The van der Waals surface area contributed by atoms with E-state index in [-0.39, 0.29) is 24.8 Å². The van der Waals surface area contributed by atoms with Gasteiger partial charge < -0.3 is 19.4 Å². The minimum atomic E-state index is -0.761. The largest absolute Gasteiger partial charge is 0.497 e. The predicted molar refractivity (Wildman–Crippen MR) is 119 cm³/mol. The number of rotatable bonds is 7. The van der Waals surface area contributed by atoms with Crippen LogP contribution < -0.4 is 20.3 Å². The quantitative estimate of drug-likeness (QED) is 0.403. The van der Waals surface area contributed by atoms with Crippen LogP contribution in [0.15, 0.2) is 40.8 Å². The zero-order chi connectivity index (χ0) is 23.8. The molecule has 0 aliphatic carbocycles. The van der Waals surface area contributed by atoms with Crippen LogP contribution in [-0.2, 0) is 16.1 Å². The van der Waals surface area contributed by atoms with Crippen LogP contribution >= 0.6 is 0 Å². The van der Waals surface area contributed by atoms with Gasteiger partial charge in [0.1, 0.15) is 28.9 Å². The Labute approximate surface area is 193 Å². The molecule has 11 heteroatoms. The number of β-lactam (4-membered cyclic amide) rings is 1. The van der Waals surface area contributed by atoms with Crippen molar-refractivity contribution in [3.8, 4) is 5.75 Å². The minimum Gasteiger partial charge on any atom is -0.497 e. The second kappa shape index (κ2) is 8.50. The average molecular weight is 463 g/mol. The fourth-order valence-electron chi connectivity index (χ4n) is 4.11. The maximum Gasteiger partial charge on any atom is 0.321 e. The lowest BCUT2D eigenvalue weighted by molar-refractivity contribution is -0.122. The first-order valence-corrected chi connectivity index (χ1v) is 10.6. The van der Waals surface area contributed by atoms with E-state index in [1.165, 1.54) is 7.11 Å². The van der Waals surface area contributed by atoms with Crippen molar-refractivity contribution in [1.82, 2.24) is 20.5 Å². The molecule has 0 unspecified atom stereocenters. The Morgan fingerprint density at radius 3 is 2.82 bits per heavy atom. The van der Waals surface area contributed by atoms with Crippen LogP contribution in [0.1, 0.15) is 34.1 Å². The second-order valence-corrected chi connectivity index (χ2v) is 7.99. The van der Waals surface area contributed by atoms with E-state index in [4.69, 9.17) is 9.15 Å². The summed E-state index contributed by atoms with van der Waals surface area (Å²) in [6.45, 7) is 1.06. The van der Waals surface area contributed by atoms with Crippen molar-refractivity contribution < 1.29 is 28.3 Å². The SMILES string of the molecule is COc1ccc2c(c1)C(=O)N(C[C@H](NC(=O)NC=O)c1cc3nc(N4CCC4=O)ccc3o1)C2. The lowest BCUT2D eigenvalue weighted by Crippen LogP contribution is -2.43. The van der Waals surface area contributed by atoms with Gasteiger partial charge in [-0.2, -0.15) is 0 Å². The van der Waals surface area contributed by atoms with Gasteiger partial charge in [-0.25, -0.2) is 9.78 Å². The third-order valence-corrected chi connectivity index (χ3v) is 5.94. The summed E-state index contributed by atoms with van der Waals surface area (Å²) in [4.78, 5) is 55.3. The maximum atomic E-state index is 13.0. The van der Waals surface area contributed by atoms with Gasteiger partial charge in [-0.1, -0.05) is 6.07 Å². The number of ether oxygens (including phenoxy) is 1. The highest BCUT2D eigenvalue weighted by Crippen LogP contribution is 2.31. The summed E-state index contributed by atoms with van der Waals surface area (Å²) in [5.74, 6) is 1.26. The molecule has 11 nitrogen and oxygen atoms in total. The number of hydrogen-bond acceptors (Lipinski definition) is 7. The van der Waals surface area contributed by atoms with Crippen LogP contribution in [0, 0.1) is 0 Å². The molecule has 2 aliphatic heterocycles. The van der Waals surface area contributed by atoms with Gasteiger partial charge in [-0.3, -0.25) is 24.6 Å². The molecule has 0 radical (unpaired) electrons. The monoisotopic (exact) mass is 463 g/mol. The first kappa shape index (κ1) is 21.4. The van der Waals surface area contributed by atoms with E-state index >= 15 is 0 Å². The normalized spacial score (nSPS) is 15.7. The fraction of sp³-hybridized carbons (Fsp3) is 0.261. The molecular weight excluding hydrogens is 442 g/mol. The number of nitrogens with one attached hydrogen (secondary N) is 2. The highest BCUT2D eigenvalue weighted by molar-refractivity contribution is 5.99. The summed E-state index contributed by atoms with van der Waals surface area (Å²) < 4.78 is 11.1. The summed E-state index contributed by atoms with van der Waals surface area (Å²) in [6, 6.07) is 8.87. The molecule has 1 fully saturated rings. The Bertz CT molecular complexity index is 1320. The van der Waals surface area contributed by atoms with Crippen molar-refractivity contribution in [2.45, 2.75) is 19.0 Å². The summed E-state index contributed by atoms with van der Waals surface area (Å²) in [5.41, 5.74) is 2.35. The van der Waals surface area contributed by atoms with Gasteiger partial charge in [0.2, 0.25) is 12.3 Å². The van der Waals surface area contributed by atoms with E-state index in [9.17, 15) is 19.2 Å². The molecule has 3 aromatic rings. The number of nitrogens with zero attached hydrogens (tertiary/aromatic N) is 3. The second-order valence-electron chi connectivity index (χ2n) is 7.99. The smallest absolute Gasteiger partial charge is 0.321 e. The van der Waals surface area contributed by atoms with Crippen LogP contribution in [0.25, 0.3) is 11.1 Å². The van der Waals surface area contributed by atoms with Crippen molar-refractivity contribution in [1.29, 1.82) is 0 Å². The number of urea groups is 1. The third-order valence-electron chi connectivity index (χ3n) is 5.94. The van der Waals surface area contributed by atoms with E-state index in [1.54, 1.807) is 40.1 Å². The topological polar surface area (TPSA) is 134 Å². The molecule has 1 saturated heterocycles. The molecular formula is C23H21N5O6. The maximum absolute atomic E-state index is 13.0. The number of anilines is 1. The van der Waals surface area contributed by atoms with Crippen LogP contribution in [-0.4, -0.2) is 54.3 Å². The van der Waals surface area contributed by atoms with Gasteiger partial charge in [0.15, 0.2) is 5.58 Å². The van der Waals surface area contributed by atoms with Crippen molar-refractivity contribution in [3.05, 3.63) is 53.3 Å². The van der Waals surface area contributed by atoms with Gasteiger partial charge in [0.25, 0.3) is 5.91 Å². The number of imide groups is 1. The molecule has 0 bridgehead atoms. The number of aromatic nitrogens is 1. The first-order chi connectivity index (χ1) is 16.5. The highest BCUT2D eigenvalue weighted by Gasteiger charge is 2.32. The molecule has 5 rings (SSSR count). The molecule has 2 aromatic heterocycles. The third kappa shape index (κ3) is 3.81. The lowest BCUT2D eigenvalue weighted by atomic mass is 10.1. The molecule has 0 spiro atoms. The Morgan fingerprint density at radius 2 is 2.12 bits per heavy atom. The van der Waals surface area contributed by atoms with Crippen LogP contribution in [0.5, 0.6) is 5.75 Å². The zero-order valence-corrected chi connectivity index (χ0v) is 18.2. The zero-order valence-electron chi connectivity index (χ0n) is 18.2. The Balaban J connectivity index is 1.42. The molecule has 34 heavy (non-hydrogen) atoms. The van der Waals surface area contributed by atoms with E-state index in [0.717, 1.165) is 5.56 Å². The standard InChI is InChI=1S/C23H21N5O6/c1-33-14-3-2-13-10-27(22(31)15(13)8-14)11-17(26-23(32)24-12-29)19-9-16-18(34-19)4-5-20(25-16)28-7-6-21(28)30/h2-5,8-9,12,17H,6-7,10-11H2,1H3,(H2,24,26,29,32)/t17-/m0/s1. The number of carbonyl (C=O) groups is 4. The number of furan rings is 1. The molecule has 5 amide bonds. The molecule has 2 aliphatic rings. The number of carbonyl (C=O) groups excluding carboxylic acids is 4. The average Bonchev–Trinajstić information content (AvgIpc) is 3.38. The molecule has 0 saturated carbocycles. The highest BCUT2D eigenvalue weighted by atomic mass is 16.5. The fourth-order valence-corrected chi connectivity index (χ4v) is 4.11. The van der Waals surface area contributed by atoms with Gasteiger partial charge in [-0.05, 0) is 29.8 Å². The van der Waals surface area contributed by atoms with Crippen molar-refractivity contribution in [2.75, 3.05) is 25.1 Å². The number of fused-ring (bicyclic) bond motifs is 2. The number of pyridine rings is 1. The van der Waals surface area contributed by atoms with E-state index in [0.29, 0.717) is 53.5 Å². The number of methoxy groups -OCH3 is 1. The molecule has 174 valence electrons. The van der Waals surface area contributed by atoms with Gasteiger partial charge in [0, 0.05) is 37.7 Å². The van der Waals surface area contributed by atoms with Crippen LogP contribution in [0.3, 0.4) is 0 Å². The lowest BCUT2D eigenvalue weighted by Gasteiger charge is -2.29. The summed E-state index contributed by atoms with van der Waals surface area (Å²) in [5, 5.41) is 4.71. The van der Waals surface area contributed by atoms with E-state index in [1.807, 2.05) is 11.4 Å². The van der Waals surface area contributed by atoms with Gasteiger partial charge in [0.05, 0.1) is 7.11 Å². The Morgan fingerprint density at radius 1 is 1.26 bits per heavy atom. The molecule has 1 aromatic carbocycles. The number of amides is 5. The van der Waals surface area contributed by atoms with Crippen molar-refractivity contribution in [2.24, 2.45) is 0 Å². The number of benzene rings is 1. The predicted octanol–water partition coefficient (Wildman–Crippen LogP) is 1.73. The Kier molecular flexibility index (Phi) is 5.36. The van der Waals surface area contributed by atoms with Gasteiger partial charge in [-0.15, -0.1) is 0 Å². The van der Waals surface area contributed by atoms with Crippen molar-refractivity contribution in [3.63, 3.8) is 0 Å². The number of hydrogen-bond donors (Lipinski definition) is 2.